The molecule has 1 rings (SSSR count). The molecule has 1 amide bonds. The first kappa shape index (κ1) is 12.7. The molecule has 1 aromatic heterocycles. The van der Waals surface area contributed by atoms with Gasteiger partial charge in [0.25, 0.3) is 0 Å². The molecule has 6 heteroatoms. The van der Waals surface area contributed by atoms with Gasteiger partial charge >= 0.3 is 0 Å². The van der Waals surface area contributed by atoms with Gasteiger partial charge in [0, 0.05) is 5.69 Å². The Kier molecular flexibility index (Phi) is 4.45. The van der Waals surface area contributed by atoms with E-state index in [1.807, 2.05) is 19.9 Å². The third-order valence-corrected chi connectivity index (χ3v) is 2.20. The lowest BCUT2D eigenvalue weighted by Gasteiger charge is -2.13. The molecule has 0 fully saturated rings. The van der Waals surface area contributed by atoms with Crippen LogP contribution in [0.3, 0.4) is 0 Å². The Bertz CT molecular complexity index is 358. The van der Waals surface area contributed by atoms with Gasteiger partial charge in [-0.3, -0.25) is 9.48 Å². The molecule has 3 N–H and O–H groups in total. The van der Waals surface area contributed by atoms with Crippen molar-refractivity contribution in [3.8, 4) is 0 Å². The molecule has 1 heterocycles. The van der Waals surface area contributed by atoms with Crippen LogP contribution >= 0.6 is 0 Å². The molecule has 0 radical (unpaired) electrons. The highest BCUT2D eigenvalue weighted by Crippen LogP contribution is 2.01. The number of aliphatic hydroxyl groups excluding tert-OH is 2. The Hall–Kier alpha value is -1.40. The number of hydrogen-bond acceptors (Lipinski definition) is 4. The lowest BCUT2D eigenvalue weighted by molar-refractivity contribution is -0.123. The Morgan fingerprint density at radius 2 is 2.12 bits per heavy atom. The highest BCUT2D eigenvalue weighted by Gasteiger charge is 2.11. The molecule has 0 unspecified atom stereocenters. The van der Waals surface area contributed by atoms with Crippen molar-refractivity contribution in [2.75, 3.05) is 13.2 Å². The zero-order chi connectivity index (χ0) is 12.1. The van der Waals surface area contributed by atoms with Crippen LogP contribution in [0, 0.1) is 13.8 Å². The predicted octanol–water partition coefficient (Wildman–Crippen LogP) is -1.03. The molecule has 0 saturated heterocycles. The number of rotatable bonds is 5. The molecule has 0 aliphatic rings. The summed E-state index contributed by atoms with van der Waals surface area (Å²) in [4.78, 5) is 11.5. The average Bonchev–Trinajstić information content (AvgIpc) is 2.54. The van der Waals surface area contributed by atoms with Crippen LogP contribution in [0.15, 0.2) is 6.07 Å². The van der Waals surface area contributed by atoms with Crippen LogP contribution in [0.5, 0.6) is 0 Å². The van der Waals surface area contributed by atoms with Crippen molar-refractivity contribution < 1.29 is 15.0 Å². The fourth-order valence-electron chi connectivity index (χ4n) is 1.39. The maximum absolute atomic E-state index is 11.5. The Labute approximate surface area is 93.9 Å². The maximum Gasteiger partial charge on any atom is 0.242 e. The van der Waals surface area contributed by atoms with Crippen molar-refractivity contribution in [2.24, 2.45) is 0 Å². The number of aliphatic hydroxyl groups is 2. The van der Waals surface area contributed by atoms with Crippen molar-refractivity contribution in [3.63, 3.8) is 0 Å². The zero-order valence-corrected chi connectivity index (χ0v) is 9.47. The second-order valence-corrected chi connectivity index (χ2v) is 3.71. The van der Waals surface area contributed by atoms with Gasteiger partial charge in [0.15, 0.2) is 0 Å². The summed E-state index contributed by atoms with van der Waals surface area (Å²) in [6.45, 7) is 3.25. The molecule has 16 heavy (non-hydrogen) atoms. The van der Waals surface area contributed by atoms with Crippen molar-refractivity contribution in [2.45, 2.75) is 26.4 Å². The van der Waals surface area contributed by atoms with Gasteiger partial charge < -0.3 is 15.5 Å². The minimum atomic E-state index is -0.607. The highest BCUT2D eigenvalue weighted by molar-refractivity contribution is 5.76. The molecular formula is C10H17N3O3. The summed E-state index contributed by atoms with van der Waals surface area (Å²) in [5.74, 6) is -0.278. The van der Waals surface area contributed by atoms with E-state index in [1.54, 1.807) is 4.68 Å². The standard InChI is InChI=1S/C10H17N3O3/c1-7-3-8(2)13(12-7)4-10(16)11-9(5-14)6-15/h3,9,14-15H,4-6H2,1-2H3,(H,11,16). The van der Waals surface area contributed by atoms with Crippen LogP contribution in [0.25, 0.3) is 0 Å². The second kappa shape index (κ2) is 5.62. The smallest absolute Gasteiger partial charge is 0.242 e. The number of amides is 1. The van der Waals surface area contributed by atoms with Gasteiger partial charge in [0.2, 0.25) is 5.91 Å². The monoisotopic (exact) mass is 227 g/mol. The molecule has 1 aromatic rings. The van der Waals surface area contributed by atoms with Crippen LogP contribution in [0.1, 0.15) is 11.4 Å². The summed E-state index contributed by atoms with van der Waals surface area (Å²) >= 11 is 0. The number of nitrogens with one attached hydrogen (secondary N) is 1. The molecule has 0 atom stereocenters. The first-order valence-electron chi connectivity index (χ1n) is 5.09. The van der Waals surface area contributed by atoms with Crippen LogP contribution in [0.2, 0.25) is 0 Å². The van der Waals surface area contributed by atoms with Crippen molar-refractivity contribution >= 4 is 5.91 Å². The topological polar surface area (TPSA) is 87.4 Å². The van der Waals surface area contributed by atoms with Crippen LogP contribution in [-0.2, 0) is 11.3 Å². The van der Waals surface area contributed by atoms with E-state index in [0.29, 0.717) is 0 Å². The molecular weight excluding hydrogens is 210 g/mol. The molecule has 0 aromatic carbocycles. The number of aryl methyl sites for hydroxylation is 2. The first-order chi connectivity index (χ1) is 7.56. The van der Waals surface area contributed by atoms with E-state index in [-0.39, 0.29) is 25.7 Å². The quantitative estimate of drug-likeness (QED) is 0.600. The Balaban J connectivity index is 2.54. The van der Waals surface area contributed by atoms with Crippen molar-refractivity contribution in [1.29, 1.82) is 0 Å². The lowest BCUT2D eigenvalue weighted by atomic mass is 10.3. The van der Waals surface area contributed by atoms with E-state index in [1.165, 1.54) is 0 Å². The minimum Gasteiger partial charge on any atom is -0.394 e. The second-order valence-electron chi connectivity index (χ2n) is 3.71. The molecule has 0 bridgehead atoms. The normalized spacial score (nSPS) is 10.8. The van der Waals surface area contributed by atoms with Crippen LogP contribution in [0.4, 0.5) is 0 Å². The van der Waals surface area contributed by atoms with Gasteiger partial charge in [-0.1, -0.05) is 0 Å². The summed E-state index contributed by atoms with van der Waals surface area (Å²) in [5, 5.41) is 24.2. The molecule has 0 saturated carbocycles. The molecule has 0 aliphatic carbocycles. The van der Waals surface area contributed by atoms with Gasteiger partial charge in [-0.05, 0) is 19.9 Å². The summed E-state index contributed by atoms with van der Waals surface area (Å²) in [7, 11) is 0. The number of hydrogen-bond donors (Lipinski definition) is 3. The van der Waals surface area contributed by atoms with Gasteiger partial charge in [-0.2, -0.15) is 5.10 Å². The Morgan fingerprint density at radius 3 is 2.56 bits per heavy atom. The number of carbonyl (C=O) groups is 1. The molecule has 0 spiro atoms. The van der Waals surface area contributed by atoms with Gasteiger partial charge in [-0.15, -0.1) is 0 Å². The van der Waals surface area contributed by atoms with Gasteiger partial charge in [0.1, 0.15) is 6.54 Å². The van der Waals surface area contributed by atoms with Crippen LogP contribution < -0.4 is 5.32 Å². The van der Waals surface area contributed by atoms with E-state index < -0.39 is 6.04 Å². The Morgan fingerprint density at radius 1 is 1.50 bits per heavy atom. The molecule has 6 nitrogen and oxygen atoms in total. The number of carbonyl (C=O) groups excluding carboxylic acids is 1. The third-order valence-electron chi connectivity index (χ3n) is 2.20. The van der Waals surface area contributed by atoms with Crippen LogP contribution in [-0.4, -0.2) is 45.2 Å². The van der Waals surface area contributed by atoms with E-state index >= 15 is 0 Å². The minimum absolute atomic E-state index is 0.0934. The average molecular weight is 227 g/mol. The predicted molar refractivity (Wildman–Crippen MR) is 57.8 cm³/mol. The van der Waals surface area contributed by atoms with Gasteiger partial charge in [-0.25, -0.2) is 0 Å². The fourth-order valence-corrected chi connectivity index (χ4v) is 1.39. The lowest BCUT2D eigenvalue weighted by Crippen LogP contribution is -2.41. The largest absolute Gasteiger partial charge is 0.394 e. The summed E-state index contributed by atoms with van der Waals surface area (Å²) in [5.41, 5.74) is 1.75. The van der Waals surface area contributed by atoms with E-state index in [4.69, 9.17) is 10.2 Å². The third kappa shape index (κ3) is 3.32. The summed E-state index contributed by atoms with van der Waals surface area (Å²) < 4.78 is 1.58. The highest BCUT2D eigenvalue weighted by atomic mass is 16.3. The first-order valence-corrected chi connectivity index (χ1v) is 5.09. The zero-order valence-electron chi connectivity index (χ0n) is 9.47. The van der Waals surface area contributed by atoms with E-state index in [9.17, 15) is 4.79 Å². The summed E-state index contributed by atoms with van der Waals surface area (Å²) in [6.07, 6.45) is 0. The maximum atomic E-state index is 11.5. The van der Waals surface area contributed by atoms with E-state index in [0.717, 1.165) is 11.4 Å². The summed E-state index contributed by atoms with van der Waals surface area (Å²) in [6, 6.07) is 1.27. The molecule has 90 valence electrons. The fraction of sp³-hybridized carbons (Fsp3) is 0.600. The molecule has 0 aliphatic heterocycles. The van der Waals surface area contributed by atoms with E-state index in [2.05, 4.69) is 10.4 Å². The number of nitrogens with zero attached hydrogens (tertiary/aromatic N) is 2. The number of aromatic nitrogens is 2. The van der Waals surface area contributed by atoms with Crippen molar-refractivity contribution in [3.05, 3.63) is 17.5 Å². The van der Waals surface area contributed by atoms with Gasteiger partial charge in [0.05, 0.1) is 24.9 Å². The SMILES string of the molecule is Cc1cc(C)n(CC(=O)NC(CO)CO)n1. The van der Waals surface area contributed by atoms with Crippen molar-refractivity contribution in [1.82, 2.24) is 15.1 Å².